The number of aliphatic imine (C=N–C) groups is 1. The van der Waals surface area contributed by atoms with Crippen molar-refractivity contribution in [2.45, 2.75) is 77.0 Å². The van der Waals surface area contributed by atoms with Crippen LogP contribution in [0.5, 0.6) is 5.75 Å². The zero-order valence-electron chi connectivity index (χ0n) is 29.8. The highest BCUT2D eigenvalue weighted by molar-refractivity contribution is 7.23. The Kier molecular flexibility index (Phi) is 11.2. The number of phenolic OH excluding ortho intramolecular Hbond substituents is 1. The summed E-state index contributed by atoms with van der Waals surface area (Å²) in [6, 6.07) is 22.4. The third-order valence-corrected chi connectivity index (χ3v) is 13.1. The molecule has 2 aromatic heterocycles. The molecule has 4 aromatic rings. The average Bonchev–Trinajstić information content (AvgIpc) is 3.92. The number of phenols is 1. The second kappa shape index (κ2) is 16.1. The van der Waals surface area contributed by atoms with E-state index in [-0.39, 0.29) is 47.3 Å². The van der Waals surface area contributed by atoms with Crippen molar-refractivity contribution in [2.24, 2.45) is 34.4 Å². The number of hydrogen-bond donors (Lipinski definition) is 5. The van der Waals surface area contributed by atoms with Crippen molar-refractivity contribution in [1.82, 2.24) is 5.32 Å². The van der Waals surface area contributed by atoms with Crippen LogP contribution in [0, 0.1) is 35.5 Å². The minimum absolute atomic E-state index is 0.0182. The minimum Gasteiger partial charge on any atom is -0.508 e. The third-order valence-electron chi connectivity index (χ3n) is 10.8. The average molecular weight is 733 g/mol. The van der Waals surface area contributed by atoms with Crippen molar-refractivity contribution in [3.05, 3.63) is 92.5 Å². The Hall–Kier alpha value is -4.36. The molecule has 0 spiro atoms. The Bertz CT molecular complexity index is 2120. The molecule has 0 aliphatic heterocycles. The highest BCUT2D eigenvalue weighted by atomic mass is 32.1. The molecule has 0 radical (unpaired) electrons. The first-order chi connectivity index (χ1) is 25.2. The van der Waals surface area contributed by atoms with Gasteiger partial charge >= 0.3 is 0 Å². The van der Waals surface area contributed by atoms with Crippen LogP contribution in [0.2, 0.25) is 0 Å². The number of thiophene rings is 2. The van der Waals surface area contributed by atoms with Gasteiger partial charge in [-0.25, -0.2) is 0 Å². The lowest BCUT2D eigenvalue weighted by Gasteiger charge is -2.45. The molecule has 0 saturated heterocycles. The smallest absolute Gasteiger partial charge is 0.189 e. The first-order valence-corrected chi connectivity index (χ1v) is 20.2. The number of aliphatic hydroxyl groups is 1. The molecule has 3 aliphatic rings. The molecule has 2 aromatic carbocycles. The van der Waals surface area contributed by atoms with Crippen molar-refractivity contribution in [3.8, 4) is 27.3 Å². The lowest BCUT2D eigenvalue weighted by atomic mass is 9.61. The fourth-order valence-electron chi connectivity index (χ4n) is 8.40. The molecule has 2 fully saturated rings. The lowest BCUT2D eigenvalue weighted by molar-refractivity contribution is 0.0768. The number of Topliss-reactive ketones (excluding diaryl/α,β-unsaturated/α-hetero) is 1. The summed E-state index contributed by atoms with van der Waals surface area (Å²) in [4.78, 5) is 23.5. The molecule has 0 amide bonds. The first kappa shape index (κ1) is 36.0. The summed E-state index contributed by atoms with van der Waals surface area (Å²) in [6.07, 6.45) is 10.9. The SMILES string of the molecule is CC#Cc1ccc(-c2ccc(C(=O)[C@H]3CC[C@@H]([C@H](Cc4cc(O)cc(NC[C@H](C)O)c4)NC(N)=NC4CCCC4)[C@H]4C=c5ccccc5=C[C@H]43)s2)s1. The number of aliphatic hydroxyl groups excluding tert-OH is 1. The molecule has 2 saturated carbocycles. The van der Waals surface area contributed by atoms with Gasteiger partial charge in [-0.3, -0.25) is 9.79 Å². The standard InChI is InChI=1S/C43H48N4O3S2/c1-3-8-33-13-16-39(51-33)40-17-18-41(52-40)42(50)35-15-14-34(36-22-28-9-4-5-10-29(28)23-37(35)36)38(47-43(44)46-30-11-6-7-12-30)21-27-19-31(24-32(49)20-27)45-25-26(2)48/h4-5,9-10,13,16-20,22-24,26,30,34-38,45,48-49H,6-7,11-12,14-15,21,25H2,1-2H3,(H3,44,46,47)/t26-,34+,35-,36+,37-,38-/m0/s1. The number of nitrogens with two attached hydrogens (primary N) is 1. The molecular weight excluding hydrogens is 685 g/mol. The van der Waals surface area contributed by atoms with E-state index in [1.165, 1.54) is 23.3 Å². The minimum atomic E-state index is -0.521. The summed E-state index contributed by atoms with van der Waals surface area (Å²) in [7, 11) is 0. The molecule has 0 bridgehead atoms. The van der Waals surface area contributed by atoms with Gasteiger partial charge in [-0.2, -0.15) is 0 Å². The van der Waals surface area contributed by atoms with Gasteiger partial charge in [-0.05, 0) is 116 Å². The van der Waals surface area contributed by atoms with E-state index < -0.39 is 6.10 Å². The Morgan fingerprint density at radius 3 is 2.44 bits per heavy atom. The number of carbonyl (C=O) groups is 1. The van der Waals surface area contributed by atoms with E-state index in [9.17, 15) is 15.0 Å². The summed E-state index contributed by atoms with van der Waals surface area (Å²) < 4.78 is 0. The van der Waals surface area contributed by atoms with Crippen LogP contribution in [0.25, 0.3) is 21.9 Å². The fourth-order valence-corrected chi connectivity index (χ4v) is 10.4. The molecule has 270 valence electrons. The van der Waals surface area contributed by atoms with E-state index in [0.29, 0.717) is 18.9 Å². The van der Waals surface area contributed by atoms with E-state index in [0.717, 1.165) is 56.4 Å². The fraction of sp³-hybridized carbons (Fsp3) is 0.395. The number of nitrogens with zero attached hydrogens (tertiary/aromatic N) is 1. The van der Waals surface area contributed by atoms with Crippen LogP contribution in [0.1, 0.15) is 72.5 Å². The Balaban J connectivity index is 1.21. The highest BCUT2D eigenvalue weighted by Crippen LogP contribution is 2.46. The number of carbonyl (C=O) groups excluding carboxylic acids is 1. The maximum Gasteiger partial charge on any atom is 0.189 e. The lowest BCUT2D eigenvalue weighted by Crippen LogP contribution is -2.52. The summed E-state index contributed by atoms with van der Waals surface area (Å²) in [6.45, 7) is 3.96. The summed E-state index contributed by atoms with van der Waals surface area (Å²) in [5.41, 5.74) is 8.41. The number of fused-ring (bicyclic) bond motifs is 2. The molecule has 7 rings (SSSR count). The second-order valence-electron chi connectivity index (χ2n) is 14.6. The molecule has 52 heavy (non-hydrogen) atoms. The number of hydrogen-bond acceptors (Lipinski definition) is 7. The Labute approximate surface area is 314 Å². The quantitative estimate of drug-likeness (QED) is 0.0519. The van der Waals surface area contributed by atoms with Crippen molar-refractivity contribution in [1.29, 1.82) is 0 Å². The third kappa shape index (κ3) is 8.31. The molecule has 9 heteroatoms. The normalized spacial score (nSPS) is 22.5. The zero-order chi connectivity index (χ0) is 36.2. The van der Waals surface area contributed by atoms with Crippen LogP contribution in [0.3, 0.4) is 0 Å². The van der Waals surface area contributed by atoms with Gasteiger partial charge in [0.2, 0.25) is 0 Å². The largest absolute Gasteiger partial charge is 0.508 e. The summed E-state index contributed by atoms with van der Waals surface area (Å²) in [5, 5.41) is 29.9. The molecule has 6 N–H and O–H groups in total. The monoisotopic (exact) mass is 732 g/mol. The van der Waals surface area contributed by atoms with Crippen LogP contribution in [0.4, 0.5) is 5.69 Å². The van der Waals surface area contributed by atoms with Gasteiger partial charge in [0, 0.05) is 40.0 Å². The van der Waals surface area contributed by atoms with Gasteiger partial charge in [0.05, 0.1) is 21.9 Å². The van der Waals surface area contributed by atoms with E-state index in [2.05, 4.69) is 71.0 Å². The van der Waals surface area contributed by atoms with Crippen molar-refractivity contribution < 1.29 is 15.0 Å². The van der Waals surface area contributed by atoms with Crippen molar-refractivity contribution in [2.75, 3.05) is 11.9 Å². The number of guanidine groups is 1. The zero-order valence-corrected chi connectivity index (χ0v) is 31.5. The Morgan fingerprint density at radius 2 is 1.69 bits per heavy atom. The summed E-state index contributed by atoms with van der Waals surface area (Å²) >= 11 is 3.25. The van der Waals surface area contributed by atoms with Crippen LogP contribution in [-0.4, -0.2) is 46.7 Å². The van der Waals surface area contributed by atoms with Gasteiger partial charge in [-0.1, -0.05) is 55.2 Å². The van der Waals surface area contributed by atoms with Gasteiger partial charge < -0.3 is 26.6 Å². The van der Waals surface area contributed by atoms with Crippen LogP contribution in [-0.2, 0) is 6.42 Å². The second-order valence-corrected chi connectivity index (χ2v) is 16.7. The molecule has 0 unspecified atom stereocenters. The predicted molar refractivity (Wildman–Crippen MR) is 215 cm³/mol. The molecule has 7 nitrogen and oxygen atoms in total. The van der Waals surface area contributed by atoms with E-state index in [1.54, 1.807) is 35.7 Å². The van der Waals surface area contributed by atoms with Crippen LogP contribution >= 0.6 is 22.7 Å². The van der Waals surface area contributed by atoms with E-state index in [4.69, 9.17) is 10.7 Å². The van der Waals surface area contributed by atoms with Crippen molar-refractivity contribution in [3.63, 3.8) is 0 Å². The van der Waals surface area contributed by atoms with Gasteiger partial charge in [0.1, 0.15) is 5.75 Å². The van der Waals surface area contributed by atoms with Crippen molar-refractivity contribution >= 4 is 52.3 Å². The molecule has 2 heterocycles. The maximum atomic E-state index is 14.5. The summed E-state index contributed by atoms with van der Waals surface area (Å²) in [5.74, 6) is 7.08. The Morgan fingerprint density at radius 1 is 0.962 bits per heavy atom. The number of benzene rings is 2. The number of aromatic hydroxyl groups is 1. The number of rotatable bonds is 11. The van der Waals surface area contributed by atoms with E-state index >= 15 is 0 Å². The maximum absolute atomic E-state index is 14.5. The molecule has 3 aliphatic carbocycles. The number of nitrogens with one attached hydrogen (secondary N) is 2. The van der Waals surface area contributed by atoms with Crippen LogP contribution < -0.4 is 26.8 Å². The van der Waals surface area contributed by atoms with Gasteiger partial charge in [0.15, 0.2) is 11.7 Å². The van der Waals surface area contributed by atoms with E-state index in [1.807, 2.05) is 31.2 Å². The highest BCUT2D eigenvalue weighted by Gasteiger charge is 2.44. The van der Waals surface area contributed by atoms with Gasteiger partial charge in [-0.15, -0.1) is 28.6 Å². The predicted octanol–water partition coefficient (Wildman–Crippen LogP) is 6.52. The molecular formula is C43H48N4O3S2. The number of anilines is 1. The first-order valence-electron chi connectivity index (χ1n) is 18.5. The molecule has 6 atom stereocenters. The topological polar surface area (TPSA) is 120 Å². The van der Waals surface area contributed by atoms with Crippen LogP contribution in [0.15, 0.2) is 71.7 Å². The number of ketones is 1. The van der Waals surface area contributed by atoms with Gasteiger partial charge in [0.25, 0.3) is 0 Å².